The van der Waals surface area contributed by atoms with Crippen LogP contribution in [0, 0.1) is 5.92 Å². The van der Waals surface area contributed by atoms with Crippen LogP contribution in [0.15, 0.2) is 12.2 Å². The number of rotatable bonds is 4. The van der Waals surface area contributed by atoms with Gasteiger partial charge < -0.3 is 9.47 Å². The first-order valence-electron chi connectivity index (χ1n) is 5.82. The SMILES string of the molecule is CC(=O)OCC1C[C@@H]2C=C[C@@]1(COC(C)=O)OO2. The van der Waals surface area contributed by atoms with Crippen LogP contribution in [0.2, 0.25) is 0 Å². The molecule has 3 rings (SSSR count). The van der Waals surface area contributed by atoms with E-state index >= 15 is 0 Å². The Hall–Kier alpha value is -1.40. The lowest BCUT2D eigenvalue weighted by Gasteiger charge is -2.45. The summed E-state index contributed by atoms with van der Waals surface area (Å²) in [7, 11) is 0. The molecule has 0 radical (unpaired) electrons. The zero-order valence-electron chi connectivity index (χ0n) is 10.4. The van der Waals surface area contributed by atoms with E-state index in [2.05, 4.69) is 0 Å². The lowest BCUT2D eigenvalue weighted by atomic mass is 9.79. The van der Waals surface area contributed by atoms with E-state index in [1.165, 1.54) is 13.8 Å². The molecule has 1 fully saturated rings. The van der Waals surface area contributed by atoms with Crippen LogP contribution < -0.4 is 0 Å². The fourth-order valence-corrected chi connectivity index (χ4v) is 2.11. The molecule has 0 spiro atoms. The fraction of sp³-hybridized carbons (Fsp3) is 0.667. The average Bonchev–Trinajstić information content (AvgIpc) is 2.35. The quantitative estimate of drug-likeness (QED) is 0.420. The minimum Gasteiger partial charge on any atom is -0.465 e. The normalized spacial score (nSPS) is 33.2. The van der Waals surface area contributed by atoms with E-state index in [-0.39, 0.29) is 37.2 Å². The van der Waals surface area contributed by atoms with E-state index in [1.54, 1.807) is 0 Å². The van der Waals surface area contributed by atoms with Gasteiger partial charge >= 0.3 is 11.9 Å². The second-order valence-corrected chi connectivity index (χ2v) is 4.55. The van der Waals surface area contributed by atoms with Gasteiger partial charge in [0.05, 0.1) is 6.61 Å². The third-order valence-corrected chi connectivity index (χ3v) is 3.12. The van der Waals surface area contributed by atoms with Crippen molar-refractivity contribution in [2.45, 2.75) is 32.0 Å². The summed E-state index contributed by atoms with van der Waals surface area (Å²) < 4.78 is 10.0. The van der Waals surface area contributed by atoms with Gasteiger partial charge in [0.1, 0.15) is 12.7 Å². The minimum absolute atomic E-state index is 0.0531. The number of carbonyl (C=O) groups is 2. The molecule has 2 bridgehead atoms. The van der Waals surface area contributed by atoms with E-state index in [9.17, 15) is 9.59 Å². The first kappa shape index (κ1) is 13.0. The molecule has 6 nitrogen and oxygen atoms in total. The Morgan fingerprint density at radius 3 is 2.61 bits per heavy atom. The summed E-state index contributed by atoms with van der Waals surface area (Å²) in [4.78, 5) is 32.2. The smallest absolute Gasteiger partial charge is 0.302 e. The number of hydrogen-bond donors (Lipinski definition) is 0. The van der Waals surface area contributed by atoms with Gasteiger partial charge in [0.2, 0.25) is 0 Å². The highest BCUT2D eigenvalue weighted by Gasteiger charge is 2.49. The van der Waals surface area contributed by atoms with Crippen LogP contribution >= 0.6 is 0 Å². The maximum Gasteiger partial charge on any atom is 0.302 e. The van der Waals surface area contributed by atoms with Crippen molar-refractivity contribution in [1.82, 2.24) is 0 Å². The summed E-state index contributed by atoms with van der Waals surface area (Å²) in [5, 5.41) is 0. The van der Waals surface area contributed by atoms with Crippen molar-refractivity contribution in [3.63, 3.8) is 0 Å². The molecule has 18 heavy (non-hydrogen) atoms. The Balaban J connectivity index is 2.05. The molecule has 6 heteroatoms. The molecule has 0 amide bonds. The summed E-state index contributed by atoms with van der Waals surface area (Å²) in [5.41, 5.74) is -0.851. The van der Waals surface area contributed by atoms with Gasteiger partial charge in [-0.2, -0.15) is 0 Å². The predicted molar refractivity (Wildman–Crippen MR) is 59.2 cm³/mol. The second kappa shape index (κ2) is 5.07. The molecule has 1 saturated heterocycles. The van der Waals surface area contributed by atoms with Crippen LogP contribution in [0.1, 0.15) is 20.3 Å². The van der Waals surface area contributed by atoms with E-state index in [4.69, 9.17) is 19.2 Å². The lowest BCUT2D eigenvalue weighted by molar-refractivity contribution is -0.416. The first-order chi connectivity index (χ1) is 8.52. The van der Waals surface area contributed by atoms with Crippen molar-refractivity contribution in [2.75, 3.05) is 13.2 Å². The van der Waals surface area contributed by atoms with Gasteiger partial charge in [-0.1, -0.05) is 6.08 Å². The van der Waals surface area contributed by atoms with Crippen LogP contribution in [0.25, 0.3) is 0 Å². The molecule has 0 aromatic heterocycles. The topological polar surface area (TPSA) is 71.1 Å². The fourth-order valence-electron chi connectivity index (χ4n) is 2.11. The minimum atomic E-state index is -0.851. The maximum atomic E-state index is 10.9. The Labute approximate surface area is 105 Å². The van der Waals surface area contributed by atoms with Gasteiger partial charge in [-0.15, -0.1) is 0 Å². The van der Waals surface area contributed by atoms with Crippen LogP contribution in [0.5, 0.6) is 0 Å². The Kier molecular flexibility index (Phi) is 3.68. The number of hydrogen-bond acceptors (Lipinski definition) is 6. The summed E-state index contributed by atoms with van der Waals surface area (Å²) in [6.07, 6.45) is 4.23. The van der Waals surface area contributed by atoms with Gasteiger partial charge in [-0.3, -0.25) is 9.59 Å². The van der Waals surface area contributed by atoms with Crippen molar-refractivity contribution in [3.05, 3.63) is 12.2 Å². The molecule has 100 valence electrons. The van der Waals surface area contributed by atoms with E-state index in [0.717, 1.165) is 0 Å². The molecule has 1 unspecified atom stereocenters. The Bertz CT molecular complexity index is 377. The predicted octanol–water partition coefficient (Wildman–Crippen LogP) is 0.758. The maximum absolute atomic E-state index is 10.9. The highest BCUT2D eigenvalue weighted by Crippen LogP contribution is 2.39. The van der Waals surface area contributed by atoms with Crippen LogP contribution in [-0.2, 0) is 28.8 Å². The van der Waals surface area contributed by atoms with Crippen LogP contribution in [0.4, 0.5) is 0 Å². The van der Waals surface area contributed by atoms with Crippen LogP contribution in [0.3, 0.4) is 0 Å². The number of fused-ring (bicyclic) bond motifs is 2. The van der Waals surface area contributed by atoms with Crippen molar-refractivity contribution in [1.29, 1.82) is 0 Å². The molecule has 3 aliphatic rings. The highest BCUT2D eigenvalue weighted by atomic mass is 17.2. The highest BCUT2D eigenvalue weighted by molar-refractivity contribution is 5.66. The summed E-state index contributed by atoms with van der Waals surface area (Å²) >= 11 is 0. The second-order valence-electron chi connectivity index (χ2n) is 4.55. The molecule has 2 aliphatic heterocycles. The summed E-state index contributed by atoms with van der Waals surface area (Å²) in [6, 6.07) is 0. The Morgan fingerprint density at radius 1 is 1.33 bits per heavy atom. The number of carbonyl (C=O) groups excluding carboxylic acids is 2. The van der Waals surface area contributed by atoms with Gasteiger partial charge in [-0.05, 0) is 12.5 Å². The molecular weight excluding hydrogens is 240 g/mol. The molecule has 1 aliphatic carbocycles. The van der Waals surface area contributed by atoms with Crippen molar-refractivity contribution < 1.29 is 28.8 Å². The van der Waals surface area contributed by atoms with Gasteiger partial charge in [0.15, 0.2) is 5.60 Å². The molecule has 2 heterocycles. The third kappa shape index (κ3) is 2.70. The monoisotopic (exact) mass is 256 g/mol. The van der Waals surface area contributed by atoms with Crippen LogP contribution in [-0.4, -0.2) is 36.9 Å². The zero-order valence-corrected chi connectivity index (χ0v) is 10.4. The molecule has 0 saturated carbocycles. The van der Waals surface area contributed by atoms with E-state index in [1.807, 2.05) is 12.2 Å². The van der Waals surface area contributed by atoms with E-state index < -0.39 is 5.60 Å². The summed E-state index contributed by atoms with van der Waals surface area (Å²) in [6.45, 7) is 2.96. The Morgan fingerprint density at radius 2 is 2.06 bits per heavy atom. The molecule has 3 atom stereocenters. The molecule has 0 N–H and O–H groups in total. The van der Waals surface area contributed by atoms with Gasteiger partial charge in [0.25, 0.3) is 0 Å². The number of esters is 2. The third-order valence-electron chi connectivity index (χ3n) is 3.12. The average molecular weight is 256 g/mol. The van der Waals surface area contributed by atoms with Gasteiger partial charge in [-0.25, -0.2) is 9.78 Å². The largest absolute Gasteiger partial charge is 0.465 e. The van der Waals surface area contributed by atoms with E-state index in [0.29, 0.717) is 6.42 Å². The lowest BCUT2D eigenvalue weighted by Crippen LogP contribution is -2.54. The number of ether oxygens (including phenoxy) is 2. The first-order valence-corrected chi connectivity index (χ1v) is 5.82. The molecular formula is C12H16O6. The van der Waals surface area contributed by atoms with Gasteiger partial charge in [0, 0.05) is 19.8 Å². The van der Waals surface area contributed by atoms with Crippen molar-refractivity contribution >= 4 is 11.9 Å². The van der Waals surface area contributed by atoms with Crippen molar-refractivity contribution in [3.8, 4) is 0 Å². The van der Waals surface area contributed by atoms with Crippen molar-refractivity contribution in [2.24, 2.45) is 5.92 Å². The molecule has 0 aromatic rings. The standard InChI is InChI=1S/C12H16O6/c1-8(13)15-6-10-5-11-3-4-12(10,18-17-11)7-16-9(2)14/h3-4,10-11H,5-7H2,1-2H3/t10?,11-,12-/m0/s1. The molecule has 0 aromatic carbocycles. The zero-order chi connectivity index (χ0) is 13.2. The summed E-state index contributed by atoms with van der Waals surface area (Å²) in [5.74, 6) is -0.811.